The lowest BCUT2D eigenvalue weighted by Gasteiger charge is -2.09. The fraction of sp³-hybridized carbons (Fsp3) is 0.286. The molecule has 0 radical (unpaired) electrons. The van der Waals surface area contributed by atoms with Crippen molar-refractivity contribution in [1.29, 1.82) is 0 Å². The maximum atomic E-state index is 12.1. The molecule has 106 valence electrons. The van der Waals surface area contributed by atoms with Crippen LogP contribution in [0.3, 0.4) is 0 Å². The van der Waals surface area contributed by atoms with Crippen LogP contribution in [0.5, 0.6) is 0 Å². The Bertz CT molecular complexity index is 667. The van der Waals surface area contributed by atoms with Crippen LogP contribution in [0, 0.1) is 20.8 Å². The number of rotatable bonds is 3. The van der Waals surface area contributed by atoms with E-state index >= 15 is 0 Å². The quantitative estimate of drug-likeness (QED) is 0.907. The number of halogens is 2. The standard InChI is InChI=1S/C14H15BrClN3O/c1-8-4-5-11(16)6-12(8)17-13(20)7-19-10(3)14(15)9(2)18-19/h4-6H,7H2,1-3H3,(H,17,20). The predicted molar refractivity (Wildman–Crippen MR) is 84.2 cm³/mol. The Balaban J connectivity index is 2.13. The molecule has 1 aromatic heterocycles. The van der Waals surface area contributed by atoms with Gasteiger partial charge in [0, 0.05) is 10.7 Å². The van der Waals surface area contributed by atoms with Crippen LogP contribution < -0.4 is 5.32 Å². The topological polar surface area (TPSA) is 46.9 Å². The lowest BCUT2D eigenvalue weighted by atomic mass is 10.2. The maximum absolute atomic E-state index is 12.1. The summed E-state index contributed by atoms with van der Waals surface area (Å²) >= 11 is 9.38. The molecule has 2 aromatic rings. The van der Waals surface area contributed by atoms with Gasteiger partial charge >= 0.3 is 0 Å². The molecule has 0 spiro atoms. The molecule has 0 bridgehead atoms. The van der Waals surface area contributed by atoms with Gasteiger partial charge in [-0.25, -0.2) is 0 Å². The smallest absolute Gasteiger partial charge is 0.246 e. The molecule has 0 fully saturated rings. The number of benzene rings is 1. The molecule has 20 heavy (non-hydrogen) atoms. The normalized spacial score (nSPS) is 10.7. The molecule has 1 amide bonds. The van der Waals surface area contributed by atoms with Crippen LogP contribution in [0.4, 0.5) is 5.69 Å². The monoisotopic (exact) mass is 355 g/mol. The summed E-state index contributed by atoms with van der Waals surface area (Å²) in [6.45, 7) is 5.91. The van der Waals surface area contributed by atoms with E-state index in [4.69, 9.17) is 11.6 Å². The molecule has 1 heterocycles. The van der Waals surface area contributed by atoms with Crippen molar-refractivity contribution in [2.75, 3.05) is 5.32 Å². The first kappa shape index (κ1) is 15.1. The fourth-order valence-electron chi connectivity index (χ4n) is 1.88. The minimum atomic E-state index is -0.131. The van der Waals surface area contributed by atoms with Gasteiger partial charge in [-0.05, 0) is 54.4 Å². The van der Waals surface area contributed by atoms with Crippen LogP contribution >= 0.6 is 27.5 Å². The zero-order chi connectivity index (χ0) is 14.9. The van der Waals surface area contributed by atoms with Crippen molar-refractivity contribution in [3.63, 3.8) is 0 Å². The van der Waals surface area contributed by atoms with Gasteiger partial charge in [0.15, 0.2) is 0 Å². The number of amides is 1. The average Bonchev–Trinajstić information content (AvgIpc) is 2.61. The zero-order valence-corrected chi connectivity index (χ0v) is 13.8. The molecule has 0 unspecified atom stereocenters. The molecule has 0 saturated carbocycles. The predicted octanol–water partition coefficient (Wildman–Crippen LogP) is 3.86. The molecule has 0 saturated heterocycles. The van der Waals surface area contributed by atoms with Crippen molar-refractivity contribution in [3.05, 3.63) is 44.6 Å². The highest BCUT2D eigenvalue weighted by Gasteiger charge is 2.12. The number of hydrogen-bond acceptors (Lipinski definition) is 2. The molecule has 6 heteroatoms. The number of carbonyl (C=O) groups is 1. The van der Waals surface area contributed by atoms with Gasteiger partial charge in [-0.15, -0.1) is 0 Å². The van der Waals surface area contributed by atoms with Crippen LogP contribution in [0.25, 0.3) is 0 Å². The molecule has 0 aliphatic heterocycles. The number of hydrogen-bond donors (Lipinski definition) is 1. The van der Waals surface area contributed by atoms with Gasteiger partial charge in [-0.1, -0.05) is 17.7 Å². The Labute approximate surface area is 131 Å². The molecule has 2 rings (SSSR count). The van der Waals surface area contributed by atoms with Crippen molar-refractivity contribution >= 4 is 39.1 Å². The zero-order valence-electron chi connectivity index (χ0n) is 11.5. The Morgan fingerprint density at radius 1 is 1.40 bits per heavy atom. The summed E-state index contributed by atoms with van der Waals surface area (Å²) in [6.07, 6.45) is 0. The summed E-state index contributed by atoms with van der Waals surface area (Å²) in [5, 5.41) is 7.77. The van der Waals surface area contributed by atoms with E-state index in [0.29, 0.717) is 5.02 Å². The Morgan fingerprint density at radius 3 is 2.70 bits per heavy atom. The van der Waals surface area contributed by atoms with Crippen molar-refractivity contribution in [1.82, 2.24) is 9.78 Å². The molecular formula is C14H15BrClN3O. The second-order valence-corrected chi connectivity index (χ2v) is 5.88. The van der Waals surface area contributed by atoms with Gasteiger partial charge in [0.2, 0.25) is 5.91 Å². The molecule has 0 atom stereocenters. The number of nitrogens with one attached hydrogen (secondary N) is 1. The minimum absolute atomic E-state index is 0.131. The van der Waals surface area contributed by atoms with E-state index < -0.39 is 0 Å². The highest BCUT2D eigenvalue weighted by Crippen LogP contribution is 2.21. The third-order valence-electron chi connectivity index (χ3n) is 3.06. The van der Waals surface area contributed by atoms with Crippen LogP contribution in [0.1, 0.15) is 17.0 Å². The molecule has 0 aliphatic rings. The highest BCUT2D eigenvalue weighted by molar-refractivity contribution is 9.10. The van der Waals surface area contributed by atoms with Gasteiger partial charge < -0.3 is 5.32 Å². The Hall–Kier alpha value is -1.33. The van der Waals surface area contributed by atoms with Gasteiger partial charge in [-0.3, -0.25) is 9.48 Å². The van der Waals surface area contributed by atoms with Gasteiger partial charge in [0.25, 0.3) is 0 Å². The van der Waals surface area contributed by atoms with Crippen LogP contribution in [-0.2, 0) is 11.3 Å². The first-order valence-electron chi connectivity index (χ1n) is 6.14. The number of anilines is 1. The lowest BCUT2D eigenvalue weighted by molar-refractivity contribution is -0.116. The van der Waals surface area contributed by atoms with E-state index in [2.05, 4.69) is 26.3 Å². The summed E-state index contributed by atoms with van der Waals surface area (Å²) in [7, 11) is 0. The average molecular weight is 357 g/mol. The highest BCUT2D eigenvalue weighted by atomic mass is 79.9. The summed E-state index contributed by atoms with van der Waals surface area (Å²) in [4.78, 5) is 12.1. The van der Waals surface area contributed by atoms with Crippen LogP contribution in [0.2, 0.25) is 5.02 Å². The van der Waals surface area contributed by atoms with Gasteiger partial charge in [0.05, 0.1) is 15.9 Å². The van der Waals surface area contributed by atoms with E-state index in [-0.39, 0.29) is 12.5 Å². The van der Waals surface area contributed by atoms with E-state index in [9.17, 15) is 4.79 Å². The van der Waals surface area contributed by atoms with Crippen LogP contribution in [0.15, 0.2) is 22.7 Å². The fourth-order valence-corrected chi connectivity index (χ4v) is 2.34. The van der Waals surface area contributed by atoms with Gasteiger partial charge in [0.1, 0.15) is 6.54 Å². The van der Waals surface area contributed by atoms with Crippen molar-refractivity contribution in [3.8, 4) is 0 Å². The van der Waals surface area contributed by atoms with Gasteiger partial charge in [-0.2, -0.15) is 5.10 Å². The van der Waals surface area contributed by atoms with Crippen molar-refractivity contribution in [2.24, 2.45) is 0 Å². The molecule has 0 aliphatic carbocycles. The van der Waals surface area contributed by atoms with Crippen LogP contribution in [-0.4, -0.2) is 15.7 Å². The SMILES string of the molecule is Cc1ccc(Cl)cc1NC(=O)Cn1nc(C)c(Br)c1C. The van der Waals surface area contributed by atoms with E-state index in [1.807, 2.05) is 26.8 Å². The number of aromatic nitrogens is 2. The molecule has 4 nitrogen and oxygen atoms in total. The van der Waals surface area contributed by atoms with E-state index in [1.165, 1.54) is 0 Å². The summed E-state index contributed by atoms with van der Waals surface area (Å²) in [6, 6.07) is 5.41. The van der Waals surface area contributed by atoms with E-state index in [0.717, 1.165) is 27.1 Å². The molecular weight excluding hydrogens is 342 g/mol. The number of nitrogens with zero attached hydrogens (tertiary/aromatic N) is 2. The second kappa shape index (κ2) is 5.97. The third-order valence-corrected chi connectivity index (χ3v) is 4.44. The lowest BCUT2D eigenvalue weighted by Crippen LogP contribution is -2.20. The molecule has 1 N–H and O–H groups in total. The summed E-state index contributed by atoms with van der Waals surface area (Å²) < 4.78 is 2.61. The first-order chi connectivity index (χ1) is 9.38. The first-order valence-corrected chi connectivity index (χ1v) is 7.31. The largest absolute Gasteiger partial charge is 0.324 e. The van der Waals surface area contributed by atoms with E-state index in [1.54, 1.807) is 16.8 Å². The van der Waals surface area contributed by atoms with Crippen molar-refractivity contribution in [2.45, 2.75) is 27.3 Å². The number of aryl methyl sites for hydroxylation is 2. The summed E-state index contributed by atoms with van der Waals surface area (Å²) in [5.41, 5.74) is 3.50. The Kier molecular flexibility index (Phi) is 4.50. The number of carbonyl (C=O) groups excluding carboxylic acids is 1. The maximum Gasteiger partial charge on any atom is 0.246 e. The third kappa shape index (κ3) is 3.22. The summed E-state index contributed by atoms with van der Waals surface area (Å²) in [5.74, 6) is -0.131. The molecule has 1 aromatic carbocycles. The minimum Gasteiger partial charge on any atom is -0.324 e. The Morgan fingerprint density at radius 2 is 2.10 bits per heavy atom. The second-order valence-electron chi connectivity index (χ2n) is 4.65. The van der Waals surface area contributed by atoms with Crippen molar-refractivity contribution < 1.29 is 4.79 Å².